The maximum atomic E-state index is 4.43. The normalized spacial score (nSPS) is 12.5. The van der Waals surface area contributed by atoms with E-state index in [-0.39, 0.29) is 0 Å². The third-order valence-corrected chi connectivity index (χ3v) is 12.1. The van der Waals surface area contributed by atoms with Crippen molar-refractivity contribution in [2.24, 2.45) is 34.6 Å². The molecule has 11 nitrogen and oxygen atoms in total. The molecular weight excluding hydrogens is 983 g/mol. The van der Waals surface area contributed by atoms with Crippen LogP contribution >= 0.6 is 0 Å². The number of nitrogens with zero attached hydrogens (tertiary/aromatic N) is 9. The molecule has 0 spiro atoms. The molecule has 2 aliphatic rings. The molecule has 7 rings (SSSR count). The molecule has 1 aliphatic heterocycles. The highest BCUT2D eigenvalue weighted by atomic mass is 15.4. The van der Waals surface area contributed by atoms with E-state index in [0.29, 0.717) is 65.3 Å². The first-order valence-electron chi connectivity index (χ1n) is 30.7. The van der Waals surface area contributed by atoms with Gasteiger partial charge in [0.2, 0.25) is 0 Å². The highest BCUT2D eigenvalue weighted by Gasteiger charge is 2.14. The Labute approximate surface area is 492 Å². The highest BCUT2D eigenvalue weighted by molar-refractivity contribution is 5.89. The molecular formula is C69H123N11. The smallest absolute Gasteiger partial charge is 0.0884 e. The van der Waals surface area contributed by atoms with E-state index in [4.69, 9.17) is 0 Å². The second kappa shape index (κ2) is 41.8. The Morgan fingerprint density at radius 2 is 0.963 bits per heavy atom. The summed E-state index contributed by atoms with van der Waals surface area (Å²) in [4.78, 5) is 4.17. The summed E-state index contributed by atoms with van der Waals surface area (Å²) >= 11 is 0. The monoisotopic (exact) mass is 1110 g/mol. The fourth-order valence-corrected chi connectivity index (χ4v) is 6.77. The van der Waals surface area contributed by atoms with Gasteiger partial charge in [0.25, 0.3) is 0 Å². The molecule has 454 valence electrons. The summed E-state index contributed by atoms with van der Waals surface area (Å²) < 4.78 is 3.88. The highest BCUT2D eigenvalue weighted by Crippen LogP contribution is 2.28. The SMILES string of the molecule is CC(C)C.CC(C)C.CC(C)C1=CCC(C(C)C)=C1.CC(C)C1=NC=CC1.CC(C)c1cc(C(C)C)[nH]n1.CC(C)c1ccccc1.CC(C)c1ccn(C(C)C)n1.CC(C)c1cn(C(C)C)nn1.CC(C)c1n[nH]nc1C(C)C. The van der Waals surface area contributed by atoms with E-state index in [0.717, 1.165) is 47.0 Å². The van der Waals surface area contributed by atoms with E-state index in [9.17, 15) is 0 Å². The molecule has 4 aromatic heterocycles. The van der Waals surface area contributed by atoms with Gasteiger partial charge in [-0.25, -0.2) is 4.68 Å². The molecule has 1 aromatic carbocycles. The Hall–Kier alpha value is -5.19. The largest absolute Gasteiger partial charge is 0.282 e. The summed E-state index contributed by atoms with van der Waals surface area (Å²) in [6, 6.07) is 15.6. The molecule has 0 radical (unpaired) electrons. The number of H-pyrrole nitrogens is 2. The zero-order valence-electron chi connectivity index (χ0n) is 57.0. The number of hydrogen-bond donors (Lipinski definition) is 2. The lowest BCUT2D eigenvalue weighted by Gasteiger charge is -2.04. The van der Waals surface area contributed by atoms with Crippen LogP contribution in [0.15, 0.2) is 95.4 Å². The van der Waals surface area contributed by atoms with Gasteiger partial charge in [0.15, 0.2) is 0 Å². The van der Waals surface area contributed by atoms with Crippen molar-refractivity contribution < 1.29 is 0 Å². The maximum Gasteiger partial charge on any atom is 0.0884 e. The van der Waals surface area contributed by atoms with Crippen LogP contribution in [-0.4, -0.2) is 56.1 Å². The molecule has 0 unspecified atom stereocenters. The maximum absolute atomic E-state index is 4.43. The molecule has 0 amide bonds. The summed E-state index contributed by atoms with van der Waals surface area (Å²) in [5.41, 5.74) is 12.7. The average Bonchev–Trinajstić information content (AvgIpc) is 4.23. The zero-order chi connectivity index (χ0) is 62.0. The summed E-state index contributed by atoms with van der Waals surface area (Å²) in [5, 5.41) is 30.6. The molecule has 0 atom stereocenters. The Kier molecular flexibility index (Phi) is 40.1. The second-order valence-electron chi connectivity index (χ2n) is 26.1. The fourth-order valence-electron chi connectivity index (χ4n) is 6.77. The molecule has 0 saturated heterocycles. The minimum atomic E-state index is 0.412. The van der Waals surface area contributed by atoms with Crippen molar-refractivity contribution in [2.75, 3.05) is 0 Å². The van der Waals surface area contributed by atoms with Crippen LogP contribution in [0.1, 0.15) is 314 Å². The van der Waals surface area contributed by atoms with Crippen LogP contribution in [0.25, 0.3) is 0 Å². The van der Waals surface area contributed by atoms with Crippen molar-refractivity contribution in [3.8, 4) is 0 Å². The van der Waals surface area contributed by atoms with Gasteiger partial charge >= 0.3 is 0 Å². The van der Waals surface area contributed by atoms with Crippen LogP contribution in [0.2, 0.25) is 0 Å². The second-order valence-corrected chi connectivity index (χ2v) is 26.1. The van der Waals surface area contributed by atoms with Crippen molar-refractivity contribution in [1.29, 1.82) is 0 Å². The summed E-state index contributed by atoms with van der Waals surface area (Å²) in [5.74, 6) is 7.40. The van der Waals surface area contributed by atoms with Crippen molar-refractivity contribution >= 4 is 5.71 Å². The molecule has 11 heteroatoms. The molecule has 80 heavy (non-hydrogen) atoms. The van der Waals surface area contributed by atoms with Gasteiger partial charge in [-0.2, -0.15) is 25.6 Å². The molecule has 2 N–H and O–H groups in total. The lowest BCUT2D eigenvalue weighted by molar-refractivity contribution is 0.514. The molecule has 0 bridgehead atoms. The van der Waals surface area contributed by atoms with Crippen molar-refractivity contribution in [2.45, 2.75) is 274 Å². The van der Waals surface area contributed by atoms with E-state index in [1.165, 1.54) is 34.7 Å². The first kappa shape index (κ1) is 76.9. The van der Waals surface area contributed by atoms with Gasteiger partial charge in [-0.15, -0.1) is 5.10 Å². The van der Waals surface area contributed by atoms with E-state index in [1.54, 1.807) is 5.57 Å². The first-order valence-corrected chi connectivity index (χ1v) is 30.7. The Morgan fingerprint density at radius 1 is 0.463 bits per heavy atom. The molecule has 5 heterocycles. The van der Waals surface area contributed by atoms with Gasteiger partial charge in [-0.3, -0.25) is 14.8 Å². The molecule has 1 aliphatic carbocycles. The predicted molar refractivity (Wildman–Crippen MR) is 351 cm³/mol. The van der Waals surface area contributed by atoms with Crippen LogP contribution in [0.3, 0.4) is 0 Å². The Bertz CT molecular complexity index is 2180. The summed E-state index contributed by atoms with van der Waals surface area (Å²) in [6.07, 6.45) is 15.0. The molecule has 5 aromatic rings. The van der Waals surface area contributed by atoms with Gasteiger partial charge in [-0.1, -0.05) is 239 Å². The number of aromatic nitrogens is 10. The number of hydrogen-bond acceptors (Lipinski definition) is 7. The van der Waals surface area contributed by atoms with Crippen LogP contribution in [-0.2, 0) is 0 Å². The summed E-state index contributed by atoms with van der Waals surface area (Å²) in [6.45, 7) is 65.0. The standard InChI is InChI=1S/C11H18.2C9H16N2.C9H12.2C8H15N3.C7H11N.2C4H10/c1-8(2)10-5-6-11(7-10)9(3)4;1-7(2)9-5-6-11(10-9)8(3)4;1-6(2)8-5-9(7(3)4)11-10-8;1-8(2)9-6-4-3-5-7-9;1-6(2)8-5-11(7(3)4)10-9-8;1-5(2)7-8(6(3)4)10-11-9-7;1-6(2)7-4-3-5-8-7;2*1-4(2)3/h5,7-9H,6H2,1-4H3;5-8H,1-4H3;5-7H,1-4H3,(H,10,11);3-8H,1-2H3;5-7H,1-4H3;5-6H,1-4H3,(H,9,10,11);3,5-6H,4H2,1-2H3;2*4H,1-3H3. The van der Waals surface area contributed by atoms with E-state index < -0.39 is 0 Å². The third-order valence-electron chi connectivity index (χ3n) is 12.1. The Balaban J connectivity index is 0. The number of nitrogens with one attached hydrogen (secondary N) is 2. The summed E-state index contributed by atoms with van der Waals surface area (Å²) in [7, 11) is 0. The first-order chi connectivity index (χ1) is 37.1. The lowest BCUT2D eigenvalue weighted by atomic mass is 10.0. The van der Waals surface area contributed by atoms with E-state index >= 15 is 0 Å². The number of aromatic amines is 2. The van der Waals surface area contributed by atoms with E-state index in [1.807, 2.05) is 34.0 Å². The number of aliphatic imine (C=N–C) groups is 1. The van der Waals surface area contributed by atoms with Crippen molar-refractivity contribution in [3.63, 3.8) is 0 Å². The number of allylic oxidation sites excluding steroid dienone is 5. The predicted octanol–water partition coefficient (Wildman–Crippen LogP) is 21.0. The van der Waals surface area contributed by atoms with Crippen molar-refractivity contribution in [1.82, 2.24) is 50.4 Å². The van der Waals surface area contributed by atoms with Gasteiger partial charge in [0.05, 0.1) is 28.5 Å². The third kappa shape index (κ3) is 34.8. The Morgan fingerprint density at radius 3 is 1.21 bits per heavy atom. The molecule has 0 saturated carbocycles. The van der Waals surface area contributed by atoms with Gasteiger partial charge < -0.3 is 0 Å². The number of benzene rings is 1. The van der Waals surface area contributed by atoms with Gasteiger partial charge in [0.1, 0.15) is 0 Å². The van der Waals surface area contributed by atoms with Crippen LogP contribution in [0, 0.1) is 29.6 Å². The van der Waals surface area contributed by atoms with Crippen LogP contribution in [0.4, 0.5) is 0 Å². The average molecular weight is 1110 g/mol. The topological polar surface area (TPSA) is 131 Å². The number of rotatable bonds is 12. The van der Waals surface area contributed by atoms with Crippen LogP contribution in [0.5, 0.6) is 0 Å². The molecule has 0 fully saturated rings. The fraction of sp³-hybridized carbons (Fsp3) is 0.667. The van der Waals surface area contributed by atoms with E-state index in [2.05, 4.69) is 308 Å². The lowest BCUT2D eigenvalue weighted by Crippen LogP contribution is -2.02. The quantitative estimate of drug-likeness (QED) is 0.128. The van der Waals surface area contributed by atoms with Gasteiger partial charge in [-0.05, 0) is 128 Å². The minimum absolute atomic E-state index is 0.412. The van der Waals surface area contributed by atoms with Crippen LogP contribution < -0.4 is 0 Å². The van der Waals surface area contributed by atoms with Gasteiger partial charge in [0, 0.05) is 48.5 Å². The van der Waals surface area contributed by atoms with Crippen molar-refractivity contribution in [3.05, 3.63) is 130 Å². The zero-order valence-corrected chi connectivity index (χ0v) is 57.0. The minimum Gasteiger partial charge on any atom is -0.282 e.